The van der Waals surface area contributed by atoms with Gasteiger partial charge in [-0.2, -0.15) is 0 Å². The Morgan fingerprint density at radius 2 is 1.78 bits per heavy atom. The Labute approximate surface area is 251 Å². The highest BCUT2D eigenvalue weighted by Gasteiger charge is 2.35. The molecule has 1 atom stereocenters. The standard InChI is InChI=1S/C30H34BrN3O6S/c1-8-33(9-2)22-16-24(39-7)18(13-21(22)31)14-25-28(35)34-27(20-15-19(37-5)11-12-23(20)38-6)26(29(36)40-10-3)17(4)32-30(34)41-25/h11-16,27H,8-10H2,1-7H3/b25-14+. The fourth-order valence-electron chi connectivity index (χ4n) is 4.93. The molecule has 11 heteroatoms. The molecule has 0 N–H and O–H groups in total. The molecule has 2 heterocycles. The number of thiazole rings is 1. The van der Waals surface area contributed by atoms with Crippen molar-refractivity contribution < 1.29 is 23.7 Å². The molecular formula is C30H34BrN3O6S. The number of methoxy groups -OCH3 is 3. The zero-order chi connectivity index (χ0) is 29.8. The van der Waals surface area contributed by atoms with Crippen molar-refractivity contribution in [2.75, 3.05) is 45.9 Å². The molecule has 1 aliphatic heterocycles. The number of carbonyl (C=O) groups excluding carboxylic acids is 1. The van der Waals surface area contributed by atoms with E-state index in [2.05, 4.69) is 39.7 Å². The predicted octanol–water partition coefficient (Wildman–Crippen LogP) is 4.43. The predicted molar refractivity (Wildman–Crippen MR) is 164 cm³/mol. The molecule has 2 aromatic carbocycles. The number of fused-ring (bicyclic) bond motifs is 1. The second-order valence-electron chi connectivity index (χ2n) is 9.13. The fourth-order valence-corrected chi connectivity index (χ4v) is 6.58. The van der Waals surface area contributed by atoms with E-state index in [1.54, 1.807) is 59.5 Å². The average molecular weight is 645 g/mol. The van der Waals surface area contributed by atoms with Crippen LogP contribution < -0.4 is 34.0 Å². The number of hydrogen-bond acceptors (Lipinski definition) is 9. The van der Waals surface area contributed by atoms with Gasteiger partial charge in [0.15, 0.2) is 4.80 Å². The summed E-state index contributed by atoms with van der Waals surface area (Å²) in [6.07, 6.45) is 1.79. The Hall–Kier alpha value is -3.57. The maximum absolute atomic E-state index is 14.1. The van der Waals surface area contributed by atoms with Crippen LogP contribution in [0.25, 0.3) is 6.08 Å². The summed E-state index contributed by atoms with van der Waals surface area (Å²) in [5, 5.41) is 0. The van der Waals surface area contributed by atoms with E-state index in [1.165, 1.54) is 15.9 Å². The van der Waals surface area contributed by atoms with E-state index in [0.717, 1.165) is 28.8 Å². The van der Waals surface area contributed by atoms with Crippen LogP contribution in [0.3, 0.4) is 0 Å². The molecular weight excluding hydrogens is 610 g/mol. The topological polar surface area (TPSA) is 91.6 Å². The summed E-state index contributed by atoms with van der Waals surface area (Å²) in [5.74, 6) is 1.15. The van der Waals surface area contributed by atoms with E-state index in [9.17, 15) is 9.59 Å². The normalized spacial score (nSPS) is 14.8. The lowest BCUT2D eigenvalue weighted by Crippen LogP contribution is -2.40. The molecule has 4 rings (SSSR count). The van der Waals surface area contributed by atoms with Gasteiger partial charge in [0.1, 0.15) is 23.3 Å². The number of halogens is 1. The number of aromatic nitrogens is 1. The van der Waals surface area contributed by atoms with Crippen molar-refractivity contribution >= 4 is 45.0 Å². The van der Waals surface area contributed by atoms with E-state index in [-0.39, 0.29) is 17.7 Å². The van der Waals surface area contributed by atoms with Gasteiger partial charge in [-0.3, -0.25) is 9.36 Å². The number of hydrogen-bond donors (Lipinski definition) is 0. The zero-order valence-electron chi connectivity index (χ0n) is 24.2. The first-order valence-electron chi connectivity index (χ1n) is 13.3. The monoisotopic (exact) mass is 643 g/mol. The molecule has 0 amide bonds. The van der Waals surface area contributed by atoms with Crippen LogP contribution in [0.15, 0.2) is 55.9 Å². The molecule has 0 radical (unpaired) electrons. The molecule has 0 aliphatic carbocycles. The average Bonchev–Trinajstić information content (AvgIpc) is 3.27. The molecule has 9 nitrogen and oxygen atoms in total. The molecule has 1 aromatic heterocycles. The van der Waals surface area contributed by atoms with E-state index < -0.39 is 12.0 Å². The van der Waals surface area contributed by atoms with Crippen LogP contribution in [-0.4, -0.2) is 51.6 Å². The minimum absolute atomic E-state index is 0.181. The van der Waals surface area contributed by atoms with Crippen molar-refractivity contribution in [2.45, 2.75) is 33.7 Å². The Morgan fingerprint density at radius 1 is 1.07 bits per heavy atom. The molecule has 0 saturated heterocycles. The van der Waals surface area contributed by atoms with Crippen LogP contribution in [0, 0.1) is 0 Å². The molecule has 0 fully saturated rings. The number of benzene rings is 2. The third-order valence-corrected chi connectivity index (χ3v) is 8.56. The summed E-state index contributed by atoms with van der Waals surface area (Å²) in [5.41, 5.74) is 2.75. The third kappa shape index (κ3) is 5.78. The van der Waals surface area contributed by atoms with Crippen molar-refractivity contribution in [3.05, 3.63) is 76.9 Å². The maximum Gasteiger partial charge on any atom is 0.338 e. The SMILES string of the molecule is CCOC(=O)C1=C(C)N=c2s/c(=C/c3cc(Br)c(N(CC)CC)cc3OC)c(=O)n2C1c1cc(OC)ccc1OC. The van der Waals surface area contributed by atoms with Crippen LogP contribution in [0.5, 0.6) is 17.2 Å². The smallest absolute Gasteiger partial charge is 0.338 e. The number of allylic oxidation sites excluding steroid dienone is 1. The maximum atomic E-state index is 14.1. The summed E-state index contributed by atoms with van der Waals surface area (Å²) in [7, 11) is 4.71. The first-order valence-corrected chi connectivity index (χ1v) is 14.9. The fraction of sp³-hybridized carbons (Fsp3) is 0.367. The van der Waals surface area contributed by atoms with Gasteiger partial charge in [-0.05, 0) is 74.0 Å². The second kappa shape index (κ2) is 12.9. The highest BCUT2D eigenvalue weighted by Crippen LogP contribution is 2.38. The summed E-state index contributed by atoms with van der Waals surface area (Å²) in [6, 6.07) is 8.36. The molecule has 1 aliphatic rings. The van der Waals surface area contributed by atoms with Gasteiger partial charge in [0.25, 0.3) is 5.56 Å². The number of rotatable bonds is 10. The van der Waals surface area contributed by atoms with Crippen molar-refractivity contribution in [1.82, 2.24) is 4.57 Å². The Kier molecular flexibility index (Phi) is 9.60. The van der Waals surface area contributed by atoms with Gasteiger partial charge >= 0.3 is 5.97 Å². The Bertz CT molecular complexity index is 1670. The van der Waals surface area contributed by atoms with Gasteiger partial charge in [-0.15, -0.1) is 0 Å². The minimum Gasteiger partial charge on any atom is -0.497 e. The first-order chi connectivity index (χ1) is 19.7. The Balaban J connectivity index is 1.99. The number of ether oxygens (including phenoxy) is 4. The lowest BCUT2D eigenvalue weighted by Gasteiger charge is -2.26. The molecule has 41 heavy (non-hydrogen) atoms. The number of nitrogens with zero attached hydrogens (tertiary/aromatic N) is 3. The van der Waals surface area contributed by atoms with Gasteiger partial charge in [-0.1, -0.05) is 11.3 Å². The van der Waals surface area contributed by atoms with Crippen LogP contribution in [0.1, 0.15) is 44.9 Å². The van der Waals surface area contributed by atoms with Crippen LogP contribution in [-0.2, 0) is 9.53 Å². The molecule has 0 saturated carbocycles. The summed E-state index contributed by atoms with van der Waals surface area (Å²) >= 11 is 4.94. The lowest BCUT2D eigenvalue weighted by molar-refractivity contribution is -0.139. The number of carbonyl (C=O) groups is 1. The van der Waals surface area contributed by atoms with E-state index >= 15 is 0 Å². The summed E-state index contributed by atoms with van der Waals surface area (Å²) in [4.78, 5) is 34.7. The molecule has 218 valence electrons. The largest absolute Gasteiger partial charge is 0.497 e. The van der Waals surface area contributed by atoms with Crippen LogP contribution in [0.2, 0.25) is 0 Å². The van der Waals surface area contributed by atoms with Gasteiger partial charge in [0, 0.05) is 34.8 Å². The van der Waals surface area contributed by atoms with E-state index in [1.807, 2.05) is 12.1 Å². The molecule has 0 bridgehead atoms. The van der Waals surface area contributed by atoms with Gasteiger partial charge < -0.3 is 23.8 Å². The number of esters is 1. The van der Waals surface area contributed by atoms with Crippen molar-refractivity contribution in [3.8, 4) is 17.2 Å². The van der Waals surface area contributed by atoms with Gasteiger partial charge in [0.05, 0.1) is 49.4 Å². The van der Waals surface area contributed by atoms with Gasteiger partial charge in [-0.25, -0.2) is 9.79 Å². The van der Waals surface area contributed by atoms with Crippen molar-refractivity contribution in [2.24, 2.45) is 4.99 Å². The molecule has 0 spiro atoms. The third-order valence-electron chi connectivity index (χ3n) is 6.94. The van der Waals surface area contributed by atoms with Crippen LogP contribution >= 0.6 is 27.3 Å². The van der Waals surface area contributed by atoms with E-state index in [0.29, 0.717) is 37.8 Å². The van der Waals surface area contributed by atoms with Crippen molar-refractivity contribution in [1.29, 1.82) is 0 Å². The minimum atomic E-state index is -0.837. The van der Waals surface area contributed by atoms with E-state index in [4.69, 9.17) is 18.9 Å². The molecule has 3 aromatic rings. The highest BCUT2D eigenvalue weighted by molar-refractivity contribution is 9.10. The quantitative estimate of drug-likeness (QED) is 0.302. The number of anilines is 1. The van der Waals surface area contributed by atoms with Crippen molar-refractivity contribution in [3.63, 3.8) is 0 Å². The lowest BCUT2D eigenvalue weighted by atomic mass is 9.94. The molecule has 1 unspecified atom stereocenters. The Morgan fingerprint density at radius 3 is 2.39 bits per heavy atom. The second-order valence-corrected chi connectivity index (χ2v) is 11.0. The summed E-state index contributed by atoms with van der Waals surface area (Å²) < 4.78 is 25.1. The van der Waals surface area contributed by atoms with Crippen LogP contribution in [0.4, 0.5) is 5.69 Å². The summed E-state index contributed by atoms with van der Waals surface area (Å²) in [6.45, 7) is 9.53. The van der Waals surface area contributed by atoms with Gasteiger partial charge in [0.2, 0.25) is 0 Å². The first kappa shape index (κ1) is 30.4. The highest BCUT2D eigenvalue weighted by atomic mass is 79.9. The zero-order valence-corrected chi connectivity index (χ0v) is 26.6.